The predicted molar refractivity (Wildman–Crippen MR) is 78.5 cm³/mol. The van der Waals surface area contributed by atoms with Crippen LogP contribution in [0.5, 0.6) is 0 Å². The molecule has 1 fully saturated rings. The summed E-state index contributed by atoms with van der Waals surface area (Å²) in [5, 5.41) is 5.94. The molecule has 21 heavy (non-hydrogen) atoms. The lowest BCUT2D eigenvalue weighted by Crippen LogP contribution is -2.17. The van der Waals surface area contributed by atoms with Crippen molar-refractivity contribution in [2.24, 2.45) is 5.41 Å². The van der Waals surface area contributed by atoms with Crippen LogP contribution >= 0.6 is 0 Å². The zero-order valence-corrected chi connectivity index (χ0v) is 12.5. The van der Waals surface area contributed by atoms with Crippen molar-refractivity contribution < 1.29 is 13.2 Å². The van der Waals surface area contributed by atoms with E-state index < -0.39 is 11.7 Å². The molecular weight excluding hydrogens is 279 g/mol. The maximum absolute atomic E-state index is 12.9. The highest BCUT2D eigenvalue weighted by Crippen LogP contribution is 2.49. The molecule has 0 spiro atoms. The Morgan fingerprint density at radius 2 is 1.76 bits per heavy atom. The van der Waals surface area contributed by atoms with Crippen molar-refractivity contribution in [1.82, 2.24) is 4.98 Å². The molecular formula is C15H22F3N3. The molecule has 2 N–H and O–H groups in total. The molecule has 2 rings (SSSR count). The second kappa shape index (κ2) is 6.12. The van der Waals surface area contributed by atoms with E-state index in [0.717, 1.165) is 37.8 Å². The van der Waals surface area contributed by atoms with E-state index in [0.29, 0.717) is 18.9 Å². The molecule has 1 aliphatic carbocycles. The summed E-state index contributed by atoms with van der Waals surface area (Å²) in [4.78, 5) is 4.21. The third kappa shape index (κ3) is 4.25. The molecule has 0 aromatic carbocycles. The van der Waals surface area contributed by atoms with Crippen molar-refractivity contribution in [3.8, 4) is 0 Å². The highest BCUT2D eigenvalue weighted by molar-refractivity contribution is 5.50. The minimum absolute atomic E-state index is 0.259. The second-order valence-electron chi connectivity index (χ2n) is 5.76. The number of pyridine rings is 1. The minimum atomic E-state index is -4.36. The van der Waals surface area contributed by atoms with Crippen LogP contribution in [-0.2, 0) is 6.18 Å². The first-order chi connectivity index (χ1) is 9.88. The highest BCUT2D eigenvalue weighted by Gasteiger charge is 2.41. The smallest absolute Gasteiger partial charge is 0.370 e. The van der Waals surface area contributed by atoms with Gasteiger partial charge in [0, 0.05) is 13.1 Å². The summed E-state index contributed by atoms with van der Waals surface area (Å²) in [6.07, 6.45) is 0.142. The quantitative estimate of drug-likeness (QED) is 0.777. The Balaban J connectivity index is 2.12. The molecule has 1 aromatic rings. The molecule has 6 heteroatoms. The summed E-state index contributed by atoms with van der Waals surface area (Å²) in [5.41, 5.74) is -0.403. The zero-order chi connectivity index (χ0) is 15.5. The Bertz CT molecular complexity index is 482. The van der Waals surface area contributed by atoms with Gasteiger partial charge in [-0.15, -0.1) is 0 Å². The van der Waals surface area contributed by atoms with Crippen LogP contribution in [0.1, 0.15) is 45.1 Å². The number of hydrogen-bond donors (Lipinski definition) is 2. The maximum Gasteiger partial charge on any atom is 0.416 e. The zero-order valence-electron chi connectivity index (χ0n) is 12.5. The van der Waals surface area contributed by atoms with Gasteiger partial charge < -0.3 is 10.6 Å². The third-order valence-corrected chi connectivity index (χ3v) is 3.89. The standard InChI is InChI=1S/C15H22F3N3/c1-3-5-14(6-7-14)10-20-13-9-11(15(16,17)18)8-12(21-13)19-4-2/h8-9H,3-7,10H2,1-2H3,(H2,19,20,21). The van der Waals surface area contributed by atoms with Crippen molar-refractivity contribution >= 4 is 11.6 Å². The topological polar surface area (TPSA) is 37.0 Å². The largest absolute Gasteiger partial charge is 0.416 e. The lowest BCUT2D eigenvalue weighted by Gasteiger charge is -2.17. The summed E-state index contributed by atoms with van der Waals surface area (Å²) >= 11 is 0. The third-order valence-electron chi connectivity index (χ3n) is 3.89. The van der Waals surface area contributed by atoms with Crippen molar-refractivity contribution in [2.75, 3.05) is 23.7 Å². The van der Waals surface area contributed by atoms with E-state index >= 15 is 0 Å². The second-order valence-corrected chi connectivity index (χ2v) is 5.76. The number of aromatic nitrogens is 1. The number of halogens is 3. The Morgan fingerprint density at radius 3 is 2.24 bits per heavy atom. The first kappa shape index (κ1) is 15.9. The summed E-state index contributed by atoms with van der Waals surface area (Å²) < 4.78 is 38.7. The Hall–Kier alpha value is -1.46. The van der Waals surface area contributed by atoms with Gasteiger partial charge in [0.15, 0.2) is 0 Å². The average Bonchev–Trinajstić information content (AvgIpc) is 3.16. The first-order valence-corrected chi connectivity index (χ1v) is 7.45. The van der Waals surface area contributed by atoms with Gasteiger partial charge in [-0.05, 0) is 43.7 Å². The SMILES string of the molecule is CCCC1(CNc2cc(C(F)(F)F)cc(NCC)n2)CC1. The van der Waals surface area contributed by atoms with Gasteiger partial charge in [0.05, 0.1) is 5.56 Å². The van der Waals surface area contributed by atoms with E-state index in [1.807, 2.05) is 6.92 Å². The van der Waals surface area contributed by atoms with Crippen LogP contribution < -0.4 is 10.6 Å². The summed E-state index contributed by atoms with van der Waals surface area (Å²) in [5.74, 6) is 0.554. The number of anilines is 2. The van der Waals surface area contributed by atoms with Crippen LogP contribution in [0.4, 0.5) is 24.8 Å². The normalized spacial score (nSPS) is 16.6. The van der Waals surface area contributed by atoms with E-state index in [4.69, 9.17) is 0 Å². The molecule has 0 amide bonds. The van der Waals surface area contributed by atoms with Crippen LogP contribution in [0, 0.1) is 5.41 Å². The number of hydrogen-bond acceptors (Lipinski definition) is 3. The van der Waals surface area contributed by atoms with Crippen molar-refractivity contribution in [2.45, 2.75) is 45.7 Å². The van der Waals surface area contributed by atoms with Gasteiger partial charge in [-0.1, -0.05) is 13.3 Å². The lowest BCUT2D eigenvalue weighted by atomic mass is 10.0. The summed E-state index contributed by atoms with van der Waals surface area (Å²) in [6, 6.07) is 2.14. The van der Waals surface area contributed by atoms with Gasteiger partial charge in [0.1, 0.15) is 11.6 Å². The van der Waals surface area contributed by atoms with Crippen LogP contribution in [0.3, 0.4) is 0 Å². The maximum atomic E-state index is 12.9. The van der Waals surface area contributed by atoms with Gasteiger partial charge in [0.25, 0.3) is 0 Å². The Labute approximate surface area is 123 Å². The van der Waals surface area contributed by atoms with Gasteiger partial charge in [-0.25, -0.2) is 4.98 Å². The van der Waals surface area contributed by atoms with Crippen molar-refractivity contribution in [3.63, 3.8) is 0 Å². The van der Waals surface area contributed by atoms with Crippen molar-refractivity contribution in [3.05, 3.63) is 17.7 Å². The fourth-order valence-corrected chi connectivity index (χ4v) is 2.56. The predicted octanol–water partition coefficient (Wildman–Crippen LogP) is 4.52. The number of rotatable bonds is 7. The molecule has 118 valence electrons. The molecule has 0 unspecified atom stereocenters. The van der Waals surface area contributed by atoms with Crippen LogP contribution in [-0.4, -0.2) is 18.1 Å². The van der Waals surface area contributed by atoms with Gasteiger partial charge in [-0.3, -0.25) is 0 Å². The molecule has 1 aliphatic rings. The molecule has 1 saturated carbocycles. The number of nitrogens with one attached hydrogen (secondary N) is 2. The molecule has 0 aliphatic heterocycles. The Kier molecular flexibility index (Phi) is 4.64. The van der Waals surface area contributed by atoms with E-state index in [2.05, 4.69) is 22.5 Å². The molecule has 0 radical (unpaired) electrons. The molecule has 3 nitrogen and oxygen atoms in total. The van der Waals surface area contributed by atoms with Crippen LogP contribution in [0.15, 0.2) is 12.1 Å². The molecule has 0 atom stereocenters. The molecule has 0 saturated heterocycles. The van der Waals surface area contributed by atoms with E-state index in [-0.39, 0.29) is 11.2 Å². The van der Waals surface area contributed by atoms with E-state index in [1.54, 1.807) is 0 Å². The Morgan fingerprint density at radius 1 is 1.14 bits per heavy atom. The van der Waals surface area contributed by atoms with Gasteiger partial charge in [0.2, 0.25) is 0 Å². The lowest BCUT2D eigenvalue weighted by molar-refractivity contribution is -0.137. The van der Waals surface area contributed by atoms with Gasteiger partial charge >= 0.3 is 6.18 Å². The van der Waals surface area contributed by atoms with Crippen molar-refractivity contribution in [1.29, 1.82) is 0 Å². The minimum Gasteiger partial charge on any atom is -0.370 e. The average molecular weight is 301 g/mol. The van der Waals surface area contributed by atoms with Crippen LogP contribution in [0.2, 0.25) is 0 Å². The number of alkyl halides is 3. The first-order valence-electron chi connectivity index (χ1n) is 7.45. The van der Waals surface area contributed by atoms with Crippen LogP contribution in [0.25, 0.3) is 0 Å². The molecule has 1 heterocycles. The van der Waals surface area contributed by atoms with Gasteiger partial charge in [-0.2, -0.15) is 13.2 Å². The summed E-state index contributed by atoms with van der Waals surface area (Å²) in [6.45, 7) is 5.19. The van der Waals surface area contributed by atoms with E-state index in [9.17, 15) is 13.2 Å². The van der Waals surface area contributed by atoms with E-state index in [1.165, 1.54) is 0 Å². The monoisotopic (exact) mass is 301 g/mol. The fraction of sp³-hybridized carbons (Fsp3) is 0.667. The fourth-order valence-electron chi connectivity index (χ4n) is 2.56. The highest BCUT2D eigenvalue weighted by atomic mass is 19.4. The number of nitrogens with zero attached hydrogens (tertiary/aromatic N) is 1. The molecule has 1 aromatic heterocycles. The molecule has 0 bridgehead atoms. The summed E-state index contributed by atoms with van der Waals surface area (Å²) in [7, 11) is 0.